The quantitative estimate of drug-likeness (QED) is 0.863. The molecular formula is C14H22N4. The molecule has 0 spiro atoms. The Labute approximate surface area is 109 Å². The van der Waals surface area contributed by atoms with E-state index < -0.39 is 0 Å². The minimum absolute atomic E-state index is 0.727. The van der Waals surface area contributed by atoms with Gasteiger partial charge in [0, 0.05) is 19.1 Å². The molecule has 3 heterocycles. The zero-order valence-corrected chi connectivity index (χ0v) is 11.1. The predicted molar refractivity (Wildman–Crippen MR) is 72.7 cm³/mol. The van der Waals surface area contributed by atoms with Gasteiger partial charge in [0.05, 0.1) is 6.20 Å². The van der Waals surface area contributed by atoms with Gasteiger partial charge >= 0.3 is 0 Å². The predicted octanol–water partition coefficient (Wildman–Crippen LogP) is 1.75. The number of aryl methyl sites for hydroxylation is 1. The van der Waals surface area contributed by atoms with E-state index in [1.165, 1.54) is 37.8 Å². The molecule has 1 N–H and O–H groups in total. The summed E-state index contributed by atoms with van der Waals surface area (Å²) in [6.07, 6.45) is 7.14. The third-order valence-corrected chi connectivity index (χ3v) is 4.23. The lowest BCUT2D eigenvalue weighted by Crippen LogP contribution is -2.43. The van der Waals surface area contributed by atoms with Crippen LogP contribution in [-0.4, -0.2) is 35.9 Å². The molecule has 2 unspecified atom stereocenters. The Kier molecular flexibility index (Phi) is 3.46. The van der Waals surface area contributed by atoms with Gasteiger partial charge in [-0.2, -0.15) is 5.10 Å². The summed E-state index contributed by atoms with van der Waals surface area (Å²) in [5.41, 5.74) is 1.20. The van der Waals surface area contributed by atoms with Crippen LogP contribution in [0.4, 0.5) is 5.82 Å². The van der Waals surface area contributed by atoms with Gasteiger partial charge in [-0.05, 0) is 56.7 Å². The van der Waals surface area contributed by atoms with Crippen LogP contribution < -0.4 is 10.2 Å². The molecule has 2 fully saturated rings. The zero-order valence-electron chi connectivity index (χ0n) is 11.1. The third-order valence-electron chi connectivity index (χ3n) is 4.23. The molecule has 18 heavy (non-hydrogen) atoms. The van der Waals surface area contributed by atoms with E-state index in [2.05, 4.69) is 33.4 Å². The summed E-state index contributed by atoms with van der Waals surface area (Å²) in [5.74, 6) is 1.83. The average Bonchev–Trinajstić information content (AvgIpc) is 2.93. The standard InChI is InChI=1S/C14H22N4/c1-11-8-14(17-16-9-11)18-7-3-4-12(10-18)13-5-2-6-15-13/h8-9,12-13,15H,2-7,10H2,1H3. The topological polar surface area (TPSA) is 41.1 Å². The van der Waals surface area contributed by atoms with Gasteiger partial charge in [0.15, 0.2) is 5.82 Å². The van der Waals surface area contributed by atoms with Gasteiger partial charge in [-0.15, -0.1) is 5.10 Å². The van der Waals surface area contributed by atoms with Crippen LogP contribution in [0.1, 0.15) is 31.2 Å². The van der Waals surface area contributed by atoms with Crippen molar-refractivity contribution in [3.05, 3.63) is 17.8 Å². The molecule has 2 atom stereocenters. The highest BCUT2D eigenvalue weighted by atomic mass is 15.3. The van der Waals surface area contributed by atoms with Crippen LogP contribution >= 0.6 is 0 Å². The Hall–Kier alpha value is -1.16. The molecule has 4 nitrogen and oxygen atoms in total. The van der Waals surface area contributed by atoms with E-state index in [9.17, 15) is 0 Å². The Morgan fingerprint density at radius 1 is 1.33 bits per heavy atom. The summed E-state index contributed by atoms with van der Waals surface area (Å²) in [6.45, 7) is 5.54. The number of piperidine rings is 1. The number of nitrogens with one attached hydrogen (secondary N) is 1. The highest BCUT2D eigenvalue weighted by molar-refractivity contribution is 5.39. The van der Waals surface area contributed by atoms with Crippen LogP contribution in [0.25, 0.3) is 0 Å². The van der Waals surface area contributed by atoms with E-state index in [0.29, 0.717) is 0 Å². The molecule has 2 aliphatic rings. The monoisotopic (exact) mass is 246 g/mol. The highest BCUT2D eigenvalue weighted by Crippen LogP contribution is 2.27. The van der Waals surface area contributed by atoms with Gasteiger partial charge in [-0.1, -0.05) is 0 Å². The number of aromatic nitrogens is 2. The largest absolute Gasteiger partial charge is 0.355 e. The lowest BCUT2D eigenvalue weighted by Gasteiger charge is -2.36. The van der Waals surface area contributed by atoms with Crippen LogP contribution in [0, 0.1) is 12.8 Å². The number of rotatable bonds is 2. The van der Waals surface area contributed by atoms with E-state index in [0.717, 1.165) is 30.9 Å². The molecule has 3 rings (SSSR count). The summed E-state index contributed by atoms with van der Waals surface area (Å²) in [5, 5.41) is 12.0. The Bertz CT molecular complexity index is 401. The molecule has 0 amide bonds. The molecule has 2 saturated heterocycles. The fraction of sp³-hybridized carbons (Fsp3) is 0.714. The van der Waals surface area contributed by atoms with Crippen LogP contribution in [0.2, 0.25) is 0 Å². The summed E-state index contributed by atoms with van der Waals surface area (Å²) >= 11 is 0. The van der Waals surface area contributed by atoms with Crippen LogP contribution in [0.3, 0.4) is 0 Å². The number of anilines is 1. The van der Waals surface area contributed by atoms with Crippen molar-refractivity contribution in [1.29, 1.82) is 0 Å². The van der Waals surface area contributed by atoms with Crippen molar-refractivity contribution < 1.29 is 0 Å². The number of hydrogen-bond donors (Lipinski definition) is 1. The maximum atomic E-state index is 4.28. The highest BCUT2D eigenvalue weighted by Gasteiger charge is 2.29. The van der Waals surface area contributed by atoms with Gasteiger partial charge < -0.3 is 10.2 Å². The molecular weight excluding hydrogens is 224 g/mol. The van der Waals surface area contributed by atoms with E-state index in [1.54, 1.807) is 0 Å². The minimum atomic E-state index is 0.727. The Balaban J connectivity index is 1.69. The maximum absolute atomic E-state index is 4.28. The van der Waals surface area contributed by atoms with E-state index in [-0.39, 0.29) is 0 Å². The van der Waals surface area contributed by atoms with E-state index in [4.69, 9.17) is 0 Å². The lowest BCUT2D eigenvalue weighted by molar-refractivity contribution is 0.327. The van der Waals surface area contributed by atoms with Gasteiger partial charge in [-0.3, -0.25) is 0 Å². The Morgan fingerprint density at radius 2 is 2.28 bits per heavy atom. The van der Waals surface area contributed by atoms with Crippen molar-refractivity contribution in [1.82, 2.24) is 15.5 Å². The van der Waals surface area contributed by atoms with Crippen LogP contribution in [-0.2, 0) is 0 Å². The molecule has 1 aromatic rings. The molecule has 0 bridgehead atoms. The first kappa shape index (κ1) is 11.9. The summed E-state index contributed by atoms with van der Waals surface area (Å²) in [4.78, 5) is 2.41. The number of nitrogens with zero attached hydrogens (tertiary/aromatic N) is 3. The second kappa shape index (κ2) is 5.22. The first-order valence-electron chi connectivity index (χ1n) is 7.10. The number of hydrogen-bond acceptors (Lipinski definition) is 4. The van der Waals surface area contributed by atoms with E-state index >= 15 is 0 Å². The molecule has 0 aromatic carbocycles. The SMILES string of the molecule is Cc1cnnc(N2CCCC(C3CCCN3)C2)c1. The third kappa shape index (κ3) is 2.48. The first-order valence-corrected chi connectivity index (χ1v) is 7.10. The van der Waals surface area contributed by atoms with Crippen molar-refractivity contribution >= 4 is 5.82 Å². The zero-order chi connectivity index (χ0) is 12.4. The minimum Gasteiger partial charge on any atom is -0.355 e. The fourth-order valence-electron chi connectivity index (χ4n) is 3.26. The van der Waals surface area contributed by atoms with Crippen molar-refractivity contribution in [3.8, 4) is 0 Å². The van der Waals surface area contributed by atoms with Gasteiger partial charge in [0.1, 0.15) is 0 Å². The molecule has 0 radical (unpaired) electrons. The van der Waals surface area contributed by atoms with Gasteiger partial charge in [0.2, 0.25) is 0 Å². The van der Waals surface area contributed by atoms with Crippen LogP contribution in [0.5, 0.6) is 0 Å². The van der Waals surface area contributed by atoms with Gasteiger partial charge in [0.25, 0.3) is 0 Å². The second-order valence-electron chi connectivity index (χ2n) is 5.64. The van der Waals surface area contributed by atoms with Crippen molar-refractivity contribution in [2.24, 2.45) is 5.92 Å². The second-order valence-corrected chi connectivity index (χ2v) is 5.64. The summed E-state index contributed by atoms with van der Waals surface area (Å²) < 4.78 is 0. The molecule has 0 saturated carbocycles. The normalized spacial score (nSPS) is 28.6. The summed E-state index contributed by atoms with van der Waals surface area (Å²) in [6, 6.07) is 2.88. The fourth-order valence-corrected chi connectivity index (χ4v) is 3.26. The average molecular weight is 246 g/mol. The smallest absolute Gasteiger partial charge is 0.151 e. The van der Waals surface area contributed by atoms with Crippen molar-refractivity contribution in [2.75, 3.05) is 24.5 Å². The van der Waals surface area contributed by atoms with Gasteiger partial charge in [-0.25, -0.2) is 0 Å². The van der Waals surface area contributed by atoms with Crippen LogP contribution in [0.15, 0.2) is 12.3 Å². The molecule has 1 aromatic heterocycles. The Morgan fingerprint density at radius 3 is 3.06 bits per heavy atom. The first-order chi connectivity index (χ1) is 8.83. The summed E-state index contributed by atoms with van der Waals surface area (Å²) in [7, 11) is 0. The lowest BCUT2D eigenvalue weighted by atomic mass is 9.90. The van der Waals surface area contributed by atoms with Crippen molar-refractivity contribution in [3.63, 3.8) is 0 Å². The molecule has 2 aliphatic heterocycles. The molecule has 98 valence electrons. The van der Waals surface area contributed by atoms with E-state index in [1.807, 2.05) is 6.20 Å². The molecule has 0 aliphatic carbocycles. The molecule has 4 heteroatoms. The van der Waals surface area contributed by atoms with Crippen molar-refractivity contribution in [2.45, 2.75) is 38.6 Å². The maximum Gasteiger partial charge on any atom is 0.151 e.